The first-order valence-electron chi connectivity index (χ1n) is 11.2. The fraction of sp³-hybridized carbons (Fsp3) is 0.259. The second-order valence-corrected chi connectivity index (χ2v) is 9.12. The van der Waals surface area contributed by atoms with E-state index in [0.717, 1.165) is 53.7 Å². The summed E-state index contributed by atoms with van der Waals surface area (Å²) in [5.74, 6) is 1.03. The Kier molecular flexibility index (Phi) is 7.69. The molecule has 0 fully saturated rings. The zero-order valence-electron chi connectivity index (χ0n) is 18.7. The molecule has 1 N–H and O–H groups in total. The lowest BCUT2D eigenvalue weighted by atomic mass is 10.1. The minimum absolute atomic E-state index is 0.0136. The third-order valence-electron chi connectivity index (χ3n) is 5.72. The first-order valence-corrected chi connectivity index (χ1v) is 12.0. The van der Waals surface area contributed by atoms with Crippen LogP contribution >= 0.6 is 23.2 Å². The number of benzene rings is 3. The lowest BCUT2D eigenvalue weighted by Gasteiger charge is -2.11. The molecule has 0 saturated carbocycles. The van der Waals surface area contributed by atoms with E-state index in [1.165, 1.54) is 0 Å². The maximum atomic E-state index is 12.3. The van der Waals surface area contributed by atoms with E-state index >= 15 is 0 Å². The number of aryl methyl sites for hydroxylation is 2. The average molecular weight is 480 g/mol. The van der Waals surface area contributed by atoms with Crippen molar-refractivity contribution in [3.63, 3.8) is 0 Å². The van der Waals surface area contributed by atoms with Gasteiger partial charge in [0.25, 0.3) is 5.91 Å². The smallest absolute Gasteiger partial charge is 0.251 e. The molecule has 1 aromatic heterocycles. The van der Waals surface area contributed by atoms with Gasteiger partial charge in [0.05, 0.1) is 17.6 Å². The summed E-state index contributed by atoms with van der Waals surface area (Å²) in [5, 5.41) is 4.31. The number of halogens is 2. The molecule has 0 bridgehead atoms. The monoisotopic (exact) mass is 479 g/mol. The standard InChI is InChI=1S/C27H27Cl2N3O/c1-19-8-7-9-20(16-19)27(33)30-15-6-2-3-12-26-31-24-10-4-5-11-25(24)32(26)18-21-13-14-22(28)17-23(21)29/h4-5,7-11,13-14,16-17H,2-3,6,12,15,18H2,1H3,(H,30,33). The largest absolute Gasteiger partial charge is 0.352 e. The second kappa shape index (κ2) is 10.9. The zero-order chi connectivity index (χ0) is 23.2. The van der Waals surface area contributed by atoms with E-state index in [4.69, 9.17) is 28.2 Å². The van der Waals surface area contributed by atoms with Crippen molar-refractivity contribution in [2.24, 2.45) is 0 Å². The molecule has 0 unspecified atom stereocenters. The summed E-state index contributed by atoms with van der Waals surface area (Å²) in [6, 6.07) is 21.5. The Morgan fingerprint density at radius 2 is 1.82 bits per heavy atom. The van der Waals surface area contributed by atoms with Crippen LogP contribution in [0.1, 0.15) is 46.6 Å². The van der Waals surface area contributed by atoms with Crippen LogP contribution in [-0.4, -0.2) is 22.0 Å². The zero-order valence-corrected chi connectivity index (χ0v) is 20.2. The lowest BCUT2D eigenvalue weighted by molar-refractivity contribution is 0.0953. The summed E-state index contributed by atoms with van der Waals surface area (Å²) >= 11 is 12.5. The molecular weight excluding hydrogens is 453 g/mol. The van der Waals surface area contributed by atoms with Crippen molar-refractivity contribution in [2.45, 2.75) is 39.2 Å². The quantitative estimate of drug-likeness (QED) is 0.267. The molecule has 0 aliphatic rings. The topological polar surface area (TPSA) is 46.9 Å². The first-order chi connectivity index (χ1) is 16.0. The number of hydrogen-bond acceptors (Lipinski definition) is 2. The number of nitrogens with one attached hydrogen (secondary N) is 1. The predicted octanol–water partition coefficient (Wildman–Crippen LogP) is 6.84. The number of rotatable bonds is 9. The number of hydrogen-bond donors (Lipinski definition) is 1. The fourth-order valence-corrected chi connectivity index (χ4v) is 4.46. The van der Waals surface area contributed by atoms with Crippen molar-refractivity contribution >= 4 is 40.1 Å². The van der Waals surface area contributed by atoms with Gasteiger partial charge in [0.1, 0.15) is 5.82 Å². The van der Waals surface area contributed by atoms with Gasteiger partial charge in [-0.25, -0.2) is 4.98 Å². The highest BCUT2D eigenvalue weighted by Gasteiger charge is 2.12. The van der Waals surface area contributed by atoms with Gasteiger partial charge >= 0.3 is 0 Å². The van der Waals surface area contributed by atoms with Crippen LogP contribution in [0.25, 0.3) is 11.0 Å². The van der Waals surface area contributed by atoms with E-state index in [9.17, 15) is 4.79 Å². The fourth-order valence-electron chi connectivity index (χ4n) is 3.99. The highest BCUT2D eigenvalue weighted by Crippen LogP contribution is 2.25. The van der Waals surface area contributed by atoms with Crippen molar-refractivity contribution < 1.29 is 4.79 Å². The number of carbonyl (C=O) groups is 1. The van der Waals surface area contributed by atoms with Gasteiger partial charge in [0.15, 0.2) is 0 Å². The Hall–Kier alpha value is -2.82. The highest BCUT2D eigenvalue weighted by molar-refractivity contribution is 6.35. The molecule has 1 amide bonds. The van der Waals surface area contributed by atoms with Gasteiger partial charge in [-0.1, -0.05) is 65.5 Å². The number of amides is 1. The van der Waals surface area contributed by atoms with Crippen molar-refractivity contribution in [2.75, 3.05) is 6.54 Å². The van der Waals surface area contributed by atoms with Gasteiger partial charge in [-0.05, 0) is 61.7 Å². The molecule has 33 heavy (non-hydrogen) atoms. The number of aromatic nitrogens is 2. The number of fused-ring (bicyclic) bond motifs is 1. The summed E-state index contributed by atoms with van der Waals surface area (Å²) in [7, 11) is 0. The minimum Gasteiger partial charge on any atom is -0.352 e. The normalized spacial score (nSPS) is 11.1. The Morgan fingerprint density at radius 3 is 2.64 bits per heavy atom. The van der Waals surface area contributed by atoms with Crippen molar-refractivity contribution in [3.05, 3.63) is 99.3 Å². The number of carbonyl (C=O) groups excluding carboxylic acids is 1. The van der Waals surface area contributed by atoms with Crippen molar-refractivity contribution in [3.8, 4) is 0 Å². The van der Waals surface area contributed by atoms with Crippen molar-refractivity contribution in [1.82, 2.24) is 14.9 Å². The number of nitrogens with zero attached hydrogens (tertiary/aromatic N) is 2. The number of unbranched alkanes of at least 4 members (excludes halogenated alkanes) is 2. The maximum Gasteiger partial charge on any atom is 0.251 e. The molecule has 0 saturated heterocycles. The van der Waals surface area contributed by atoms with E-state index in [0.29, 0.717) is 28.7 Å². The Labute approximate surface area is 204 Å². The van der Waals surface area contributed by atoms with Crippen LogP contribution in [0.2, 0.25) is 10.0 Å². The van der Waals surface area contributed by atoms with Crippen LogP contribution in [0.15, 0.2) is 66.7 Å². The average Bonchev–Trinajstić information content (AvgIpc) is 3.15. The minimum atomic E-state index is -0.0136. The molecule has 3 aromatic carbocycles. The third kappa shape index (κ3) is 5.95. The number of para-hydroxylation sites is 2. The van der Waals surface area contributed by atoms with Gasteiger partial charge < -0.3 is 9.88 Å². The first kappa shape index (κ1) is 23.3. The van der Waals surface area contributed by atoms with Crippen LogP contribution in [-0.2, 0) is 13.0 Å². The van der Waals surface area contributed by atoms with Gasteiger partial charge in [-0.3, -0.25) is 4.79 Å². The van der Waals surface area contributed by atoms with Gasteiger partial charge in [-0.2, -0.15) is 0 Å². The van der Waals surface area contributed by atoms with E-state index in [1.54, 1.807) is 6.07 Å². The maximum absolute atomic E-state index is 12.3. The van der Waals surface area contributed by atoms with Crippen molar-refractivity contribution in [1.29, 1.82) is 0 Å². The molecule has 0 aliphatic heterocycles. The Morgan fingerprint density at radius 1 is 0.970 bits per heavy atom. The molecule has 4 nitrogen and oxygen atoms in total. The molecule has 4 aromatic rings. The summed E-state index contributed by atoms with van der Waals surface area (Å²) < 4.78 is 2.24. The van der Waals surface area contributed by atoms with E-state index in [1.807, 2.05) is 61.5 Å². The SMILES string of the molecule is Cc1cccc(C(=O)NCCCCCc2nc3ccccc3n2Cc2ccc(Cl)cc2Cl)c1. The summed E-state index contributed by atoms with van der Waals surface area (Å²) in [6.07, 6.45) is 3.81. The van der Waals surface area contributed by atoms with Crippen LogP contribution in [0, 0.1) is 6.92 Å². The molecule has 0 aliphatic carbocycles. The van der Waals surface area contributed by atoms with Gasteiger partial charge in [-0.15, -0.1) is 0 Å². The molecular formula is C27H27Cl2N3O. The molecule has 4 rings (SSSR count). The van der Waals surface area contributed by atoms with Crippen LogP contribution in [0.3, 0.4) is 0 Å². The van der Waals surface area contributed by atoms with Crippen LogP contribution < -0.4 is 5.32 Å². The lowest BCUT2D eigenvalue weighted by Crippen LogP contribution is -2.24. The Bertz CT molecular complexity index is 1270. The van der Waals surface area contributed by atoms with E-state index < -0.39 is 0 Å². The molecule has 0 radical (unpaired) electrons. The molecule has 170 valence electrons. The van der Waals surface area contributed by atoms with Crippen LogP contribution in [0.5, 0.6) is 0 Å². The molecule has 0 atom stereocenters. The predicted molar refractivity (Wildman–Crippen MR) is 136 cm³/mol. The van der Waals surface area contributed by atoms with Gasteiger partial charge in [0.2, 0.25) is 0 Å². The second-order valence-electron chi connectivity index (χ2n) is 8.27. The van der Waals surface area contributed by atoms with E-state index in [-0.39, 0.29) is 5.91 Å². The summed E-state index contributed by atoms with van der Waals surface area (Å²) in [5.41, 5.74) is 4.91. The summed E-state index contributed by atoms with van der Waals surface area (Å²) in [4.78, 5) is 17.1. The van der Waals surface area contributed by atoms with E-state index in [2.05, 4.69) is 16.0 Å². The molecule has 1 heterocycles. The van der Waals surface area contributed by atoms with Gasteiger partial charge in [0, 0.05) is 28.6 Å². The molecule has 6 heteroatoms. The number of imidazole rings is 1. The molecule has 0 spiro atoms. The Balaban J connectivity index is 1.34. The highest BCUT2D eigenvalue weighted by atomic mass is 35.5. The third-order valence-corrected chi connectivity index (χ3v) is 6.31. The summed E-state index contributed by atoms with van der Waals surface area (Å²) in [6.45, 7) is 3.31. The van der Waals surface area contributed by atoms with Crippen LogP contribution in [0.4, 0.5) is 0 Å².